The molecule has 2 fully saturated rings. The van der Waals surface area contributed by atoms with Gasteiger partial charge in [0.2, 0.25) is 5.91 Å². The maximum Gasteiger partial charge on any atom is 0.234 e. The van der Waals surface area contributed by atoms with E-state index in [0.717, 1.165) is 19.0 Å². The first-order valence-electron chi connectivity index (χ1n) is 8.30. The molecule has 19 heavy (non-hydrogen) atoms. The molecule has 3 heteroatoms. The molecule has 1 aliphatic carbocycles. The van der Waals surface area contributed by atoms with Crippen LogP contribution in [-0.4, -0.2) is 36.5 Å². The van der Waals surface area contributed by atoms with E-state index in [9.17, 15) is 4.79 Å². The van der Waals surface area contributed by atoms with E-state index >= 15 is 0 Å². The Labute approximate surface area is 118 Å². The maximum absolute atomic E-state index is 12.1. The van der Waals surface area contributed by atoms with Gasteiger partial charge in [0, 0.05) is 12.6 Å². The van der Waals surface area contributed by atoms with Gasteiger partial charge in [-0.25, -0.2) is 0 Å². The normalized spacial score (nSPS) is 26.3. The Morgan fingerprint density at radius 3 is 2.58 bits per heavy atom. The molecule has 1 amide bonds. The van der Waals surface area contributed by atoms with Crippen molar-refractivity contribution in [2.24, 2.45) is 5.92 Å². The highest BCUT2D eigenvalue weighted by molar-refractivity contribution is 5.78. The largest absolute Gasteiger partial charge is 0.355 e. The van der Waals surface area contributed by atoms with E-state index in [4.69, 9.17) is 0 Å². The van der Waals surface area contributed by atoms with Crippen molar-refractivity contribution in [3.8, 4) is 0 Å². The number of hydrogen-bond donors (Lipinski definition) is 1. The van der Waals surface area contributed by atoms with Crippen molar-refractivity contribution < 1.29 is 4.79 Å². The Kier molecular flexibility index (Phi) is 6.15. The second-order valence-corrected chi connectivity index (χ2v) is 6.34. The number of hydrogen-bond acceptors (Lipinski definition) is 2. The summed E-state index contributed by atoms with van der Waals surface area (Å²) in [7, 11) is 0. The third-order valence-corrected chi connectivity index (χ3v) is 4.88. The van der Waals surface area contributed by atoms with E-state index in [-0.39, 0.29) is 5.91 Å². The number of nitrogens with one attached hydrogen (secondary N) is 1. The summed E-state index contributed by atoms with van der Waals surface area (Å²) in [5.74, 6) is 0.979. The Morgan fingerprint density at radius 1 is 1.11 bits per heavy atom. The molecule has 0 bridgehead atoms. The standard InChI is InChI=1S/C16H30N2O/c1-2-15-10-6-7-11-18(15)13-16(19)17-12-14-8-4-3-5-9-14/h14-15H,2-13H2,1H3,(H,17,19). The molecule has 0 spiro atoms. The zero-order chi connectivity index (χ0) is 13.5. The summed E-state index contributed by atoms with van der Waals surface area (Å²) in [5.41, 5.74) is 0. The summed E-state index contributed by atoms with van der Waals surface area (Å²) in [5, 5.41) is 3.16. The van der Waals surface area contributed by atoms with E-state index in [1.54, 1.807) is 0 Å². The van der Waals surface area contributed by atoms with Crippen molar-refractivity contribution in [3.63, 3.8) is 0 Å². The first-order valence-corrected chi connectivity index (χ1v) is 8.30. The third-order valence-electron chi connectivity index (χ3n) is 4.88. The van der Waals surface area contributed by atoms with Crippen LogP contribution in [0.15, 0.2) is 0 Å². The van der Waals surface area contributed by atoms with Crippen LogP contribution in [0.1, 0.15) is 64.7 Å². The number of carbonyl (C=O) groups excluding carboxylic acids is 1. The lowest BCUT2D eigenvalue weighted by atomic mass is 9.89. The third kappa shape index (κ3) is 4.79. The van der Waals surface area contributed by atoms with Gasteiger partial charge in [0.1, 0.15) is 0 Å². The Morgan fingerprint density at radius 2 is 1.84 bits per heavy atom. The molecule has 1 atom stereocenters. The molecule has 0 radical (unpaired) electrons. The minimum absolute atomic E-state index is 0.242. The Hall–Kier alpha value is -0.570. The fraction of sp³-hybridized carbons (Fsp3) is 0.938. The van der Waals surface area contributed by atoms with E-state index in [0.29, 0.717) is 12.6 Å². The first-order chi connectivity index (χ1) is 9.29. The van der Waals surface area contributed by atoms with Crippen LogP contribution in [0.3, 0.4) is 0 Å². The van der Waals surface area contributed by atoms with Gasteiger partial charge >= 0.3 is 0 Å². The monoisotopic (exact) mass is 266 g/mol. The fourth-order valence-electron chi connectivity index (χ4n) is 3.62. The predicted octanol–water partition coefficient (Wildman–Crippen LogP) is 2.95. The zero-order valence-corrected chi connectivity index (χ0v) is 12.5. The second-order valence-electron chi connectivity index (χ2n) is 6.34. The molecule has 2 rings (SSSR count). The quantitative estimate of drug-likeness (QED) is 0.830. The summed E-state index contributed by atoms with van der Waals surface area (Å²) in [4.78, 5) is 14.5. The van der Waals surface area contributed by atoms with Crippen LogP contribution in [0.5, 0.6) is 0 Å². The molecular formula is C16H30N2O. The maximum atomic E-state index is 12.1. The van der Waals surface area contributed by atoms with Crippen LogP contribution in [-0.2, 0) is 4.79 Å². The lowest BCUT2D eigenvalue weighted by Crippen LogP contribution is -2.46. The van der Waals surface area contributed by atoms with Crippen LogP contribution in [0.4, 0.5) is 0 Å². The second kappa shape index (κ2) is 7.88. The van der Waals surface area contributed by atoms with Crippen LogP contribution in [0, 0.1) is 5.92 Å². The van der Waals surface area contributed by atoms with Crippen molar-refractivity contribution in [3.05, 3.63) is 0 Å². The minimum atomic E-state index is 0.242. The number of amides is 1. The molecule has 0 aromatic carbocycles. The average Bonchev–Trinajstić information content (AvgIpc) is 2.47. The van der Waals surface area contributed by atoms with Crippen LogP contribution < -0.4 is 5.32 Å². The summed E-state index contributed by atoms with van der Waals surface area (Å²) < 4.78 is 0. The van der Waals surface area contributed by atoms with Crippen LogP contribution in [0.25, 0.3) is 0 Å². The van der Waals surface area contributed by atoms with E-state index < -0.39 is 0 Å². The van der Waals surface area contributed by atoms with Crippen molar-refractivity contribution in [2.75, 3.05) is 19.6 Å². The Bertz CT molecular complexity index is 274. The molecule has 1 saturated heterocycles. The molecule has 110 valence electrons. The van der Waals surface area contributed by atoms with Gasteiger partial charge in [-0.3, -0.25) is 9.69 Å². The van der Waals surface area contributed by atoms with Crippen LogP contribution in [0.2, 0.25) is 0 Å². The molecule has 3 nitrogen and oxygen atoms in total. The van der Waals surface area contributed by atoms with E-state index in [2.05, 4.69) is 17.1 Å². The van der Waals surface area contributed by atoms with Crippen molar-refractivity contribution in [2.45, 2.75) is 70.8 Å². The molecule has 1 N–H and O–H groups in total. The number of rotatable bonds is 5. The highest BCUT2D eigenvalue weighted by atomic mass is 16.2. The van der Waals surface area contributed by atoms with Gasteiger partial charge in [-0.15, -0.1) is 0 Å². The van der Waals surface area contributed by atoms with E-state index in [1.807, 2.05) is 0 Å². The molecule has 0 aromatic heterocycles. The van der Waals surface area contributed by atoms with Crippen molar-refractivity contribution in [1.29, 1.82) is 0 Å². The molecule has 1 saturated carbocycles. The smallest absolute Gasteiger partial charge is 0.234 e. The van der Waals surface area contributed by atoms with Gasteiger partial charge in [-0.05, 0) is 44.6 Å². The topological polar surface area (TPSA) is 32.3 Å². The molecule has 2 aliphatic rings. The zero-order valence-electron chi connectivity index (χ0n) is 12.5. The van der Waals surface area contributed by atoms with Crippen molar-refractivity contribution >= 4 is 5.91 Å². The summed E-state index contributed by atoms with van der Waals surface area (Å²) in [6, 6.07) is 0.634. The fourth-order valence-corrected chi connectivity index (χ4v) is 3.62. The molecular weight excluding hydrogens is 236 g/mol. The average molecular weight is 266 g/mol. The van der Waals surface area contributed by atoms with Gasteiger partial charge in [-0.2, -0.15) is 0 Å². The summed E-state index contributed by atoms with van der Waals surface area (Å²) in [6.07, 6.45) is 11.7. The van der Waals surface area contributed by atoms with Gasteiger partial charge in [0.05, 0.1) is 6.54 Å². The highest BCUT2D eigenvalue weighted by Gasteiger charge is 2.23. The summed E-state index contributed by atoms with van der Waals surface area (Å²) in [6.45, 7) is 4.87. The minimum Gasteiger partial charge on any atom is -0.355 e. The summed E-state index contributed by atoms with van der Waals surface area (Å²) >= 11 is 0. The van der Waals surface area contributed by atoms with Crippen molar-refractivity contribution in [1.82, 2.24) is 10.2 Å². The van der Waals surface area contributed by atoms with Gasteiger partial charge < -0.3 is 5.32 Å². The Balaban J connectivity index is 1.67. The number of likely N-dealkylation sites (tertiary alicyclic amines) is 1. The molecule has 1 unspecified atom stereocenters. The predicted molar refractivity (Wildman–Crippen MR) is 79.1 cm³/mol. The van der Waals surface area contributed by atoms with Gasteiger partial charge in [0.25, 0.3) is 0 Å². The number of piperidine rings is 1. The molecule has 1 heterocycles. The number of nitrogens with zero attached hydrogens (tertiary/aromatic N) is 1. The SMILES string of the molecule is CCC1CCCCN1CC(=O)NCC1CCCCC1. The van der Waals surface area contributed by atoms with E-state index in [1.165, 1.54) is 57.8 Å². The molecule has 0 aromatic rings. The van der Waals surface area contributed by atoms with Crippen LogP contribution >= 0.6 is 0 Å². The first kappa shape index (κ1) is 14.8. The van der Waals surface area contributed by atoms with Gasteiger partial charge in [-0.1, -0.05) is 32.6 Å². The lowest BCUT2D eigenvalue weighted by molar-refractivity contribution is -0.123. The lowest BCUT2D eigenvalue weighted by Gasteiger charge is -2.34. The highest BCUT2D eigenvalue weighted by Crippen LogP contribution is 2.23. The number of carbonyl (C=O) groups is 1. The molecule has 1 aliphatic heterocycles. The van der Waals surface area contributed by atoms with Gasteiger partial charge in [0.15, 0.2) is 0 Å².